The van der Waals surface area contributed by atoms with Crippen LogP contribution in [0.3, 0.4) is 0 Å². The zero-order valence-corrected chi connectivity index (χ0v) is 7.68. The molecule has 1 rings (SSSR count). The third kappa shape index (κ3) is 2.52. The molecule has 1 fully saturated rings. The van der Waals surface area contributed by atoms with Gasteiger partial charge in [0.25, 0.3) is 0 Å². The topological polar surface area (TPSA) is 26.3 Å². The Kier molecular flexibility index (Phi) is 1.95. The van der Waals surface area contributed by atoms with Crippen LogP contribution in [0.1, 0.15) is 34.1 Å². The van der Waals surface area contributed by atoms with Gasteiger partial charge in [-0.15, -0.1) is 0 Å². The van der Waals surface area contributed by atoms with Crippen LogP contribution in [0.2, 0.25) is 0 Å². The highest BCUT2D eigenvalue weighted by Crippen LogP contribution is 2.39. The van der Waals surface area contributed by atoms with Crippen molar-refractivity contribution in [2.45, 2.75) is 39.7 Å². The molecule has 2 heteroatoms. The summed E-state index contributed by atoms with van der Waals surface area (Å²) in [4.78, 5) is 11.2. The summed E-state index contributed by atoms with van der Waals surface area (Å²) in [6.45, 7) is 7.78. The average molecular weight is 156 g/mol. The van der Waals surface area contributed by atoms with Crippen molar-refractivity contribution in [2.75, 3.05) is 0 Å². The molecule has 0 saturated heterocycles. The molecule has 0 spiro atoms. The summed E-state index contributed by atoms with van der Waals surface area (Å²) in [5.74, 6) is 0.712. The first-order valence-electron chi connectivity index (χ1n) is 4.13. The molecule has 0 radical (unpaired) electrons. The molecule has 0 amide bonds. The molecule has 0 bridgehead atoms. The third-order valence-corrected chi connectivity index (χ3v) is 1.82. The lowest BCUT2D eigenvalue weighted by molar-refractivity contribution is -0.156. The summed E-state index contributed by atoms with van der Waals surface area (Å²) < 4.78 is 5.19. The largest absolute Gasteiger partial charge is 0.460 e. The number of rotatable bonds is 1. The van der Waals surface area contributed by atoms with Crippen LogP contribution in [-0.4, -0.2) is 11.6 Å². The molecule has 0 aliphatic heterocycles. The van der Waals surface area contributed by atoms with E-state index in [0.717, 1.165) is 6.42 Å². The maximum Gasteiger partial charge on any atom is 0.309 e. The van der Waals surface area contributed by atoms with Crippen LogP contribution in [0, 0.1) is 11.8 Å². The van der Waals surface area contributed by atoms with Crippen LogP contribution in [-0.2, 0) is 9.53 Å². The second-order valence-corrected chi connectivity index (χ2v) is 4.35. The fraction of sp³-hybridized carbons (Fsp3) is 0.889. The first kappa shape index (κ1) is 8.57. The van der Waals surface area contributed by atoms with Gasteiger partial charge >= 0.3 is 5.97 Å². The second-order valence-electron chi connectivity index (χ2n) is 4.35. The van der Waals surface area contributed by atoms with Gasteiger partial charge in [0.2, 0.25) is 0 Å². The highest BCUT2D eigenvalue weighted by molar-refractivity contribution is 5.75. The summed E-state index contributed by atoms with van der Waals surface area (Å²) in [7, 11) is 0. The number of carbonyl (C=O) groups excluding carboxylic acids is 1. The van der Waals surface area contributed by atoms with Gasteiger partial charge in [-0.25, -0.2) is 0 Å². The van der Waals surface area contributed by atoms with Crippen molar-refractivity contribution in [3.05, 3.63) is 0 Å². The molecule has 1 aliphatic rings. The van der Waals surface area contributed by atoms with Gasteiger partial charge in [0.05, 0.1) is 5.92 Å². The maximum absolute atomic E-state index is 11.2. The van der Waals surface area contributed by atoms with Gasteiger partial charge in [0.15, 0.2) is 0 Å². The zero-order chi connectivity index (χ0) is 8.65. The van der Waals surface area contributed by atoms with E-state index in [-0.39, 0.29) is 17.5 Å². The summed E-state index contributed by atoms with van der Waals surface area (Å²) in [5.41, 5.74) is -0.320. The number of hydrogen-bond acceptors (Lipinski definition) is 2. The van der Waals surface area contributed by atoms with Crippen molar-refractivity contribution in [1.29, 1.82) is 0 Å². The van der Waals surface area contributed by atoms with Gasteiger partial charge in [-0.3, -0.25) is 4.79 Å². The lowest BCUT2D eigenvalue weighted by atomic mass is 10.2. The number of carbonyl (C=O) groups is 1. The van der Waals surface area contributed by atoms with Crippen LogP contribution in [0.15, 0.2) is 0 Å². The minimum atomic E-state index is -0.320. The van der Waals surface area contributed by atoms with Crippen LogP contribution >= 0.6 is 0 Å². The van der Waals surface area contributed by atoms with E-state index in [1.165, 1.54) is 0 Å². The number of hydrogen-bond donors (Lipinski definition) is 0. The highest BCUT2D eigenvalue weighted by atomic mass is 16.6. The Labute approximate surface area is 67.9 Å². The molecule has 0 N–H and O–H groups in total. The van der Waals surface area contributed by atoms with Crippen molar-refractivity contribution < 1.29 is 9.53 Å². The molecule has 2 atom stereocenters. The molecule has 1 saturated carbocycles. The molecule has 1 aliphatic carbocycles. The molecule has 0 aromatic rings. The number of esters is 1. The first-order chi connectivity index (χ1) is 4.90. The third-order valence-electron chi connectivity index (χ3n) is 1.82. The van der Waals surface area contributed by atoms with Gasteiger partial charge in [0, 0.05) is 0 Å². The normalized spacial score (nSPS) is 29.8. The van der Waals surface area contributed by atoms with Crippen LogP contribution in [0.5, 0.6) is 0 Å². The molecule has 0 heterocycles. The molecule has 64 valence electrons. The Morgan fingerprint density at radius 1 is 1.45 bits per heavy atom. The SMILES string of the molecule is C[C@H]1C[C@H]1C(=O)OC(C)(C)C. The van der Waals surface area contributed by atoms with Crippen molar-refractivity contribution >= 4 is 5.97 Å². The second kappa shape index (κ2) is 2.50. The van der Waals surface area contributed by atoms with Crippen LogP contribution in [0.25, 0.3) is 0 Å². The molecule has 0 aromatic heterocycles. The molecular weight excluding hydrogens is 140 g/mol. The summed E-state index contributed by atoms with van der Waals surface area (Å²) in [5, 5.41) is 0. The fourth-order valence-corrected chi connectivity index (χ4v) is 1.03. The molecule has 11 heavy (non-hydrogen) atoms. The standard InChI is InChI=1S/C9H16O2/c1-6-5-7(6)8(10)11-9(2,3)4/h6-7H,5H2,1-4H3/t6-,7+/m0/s1. The summed E-state index contributed by atoms with van der Waals surface area (Å²) in [6.07, 6.45) is 1.01. The Balaban J connectivity index is 2.33. The average Bonchev–Trinajstić information content (AvgIpc) is 2.41. The Hall–Kier alpha value is -0.530. The van der Waals surface area contributed by atoms with E-state index in [0.29, 0.717) is 5.92 Å². The molecule has 2 nitrogen and oxygen atoms in total. The van der Waals surface area contributed by atoms with Crippen molar-refractivity contribution in [3.8, 4) is 0 Å². The van der Waals surface area contributed by atoms with Gasteiger partial charge < -0.3 is 4.74 Å². The lowest BCUT2D eigenvalue weighted by Crippen LogP contribution is -2.25. The monoisotopic (exact) mass is 156 g/mol. The zero-order valence-electron chi connectivity index (χ0n) is 7.68. The van der Waals surface area contributed by atoms with E-state index in [1.807, 2.05) is 20.8 Å². The summed E-state index contributed by atoms with van der Waals surface area (Å²) in [6, 6.07) is 0. The van der Waals surface area contributed by atoms with Gasteiger partial charge in [-0.05, 0) is 33.1 Å². The van der Waals surface area contributed by atoms with E-state index in [1.54, 1.807) is 0 Å². The van der Waals surface area contributed by atoms with Gasteiger partial charge in [-0.2, -0.15) is 0 Å². The van der Waals surface area contributed by atoms with Crippen molar-refractivity contribution in [3.63, 3.8) is 0 Å². The lowest BCUT2D eigenvalue weighted by Gasteiger charge is -2.19. The van der Waals surface area contributed by atoms with Crippen molar-refractivity contribution in [1.82, 2.24) is 0 Å². The Bertz CT molecular complexity index is 167. The predicted molar refractivity (Wildman–Crippen MR) is 43.1 cm³/mol. The predicted octanol–water partition coefficient (Wildman–Crippen LogP) is 1.98. The van der Waals surface area contributed by atoms with Gasteiger partial charge in [-0.1, -0.05) is 6.92 Å². The smallest absolute Gasteiger partial charge is 0.309 e. The maximum atomic E-state index is 11.2. The van der Waals surface area contributed by atoms with Crippen LogP contribution < -0.4 is 0 Å². The van der Waals surface area contributed by atoms with Crippen LogP contribution in [0.4, 0.5) is 0 Å². The van der Waals surface area contributed by atoms with Gasteiger partial charge in [0.1, 0.15) is 5.60 Å². The first-order valence-corrected chi connectivity index (χ1v) is 4.13. The Morgan fingerprint density at radius 3 is 2.18 bits per heavy atom. The van der Waals surface area contributed by atoms with E-state index >= 15 is 0 Å². The Morgan fingerprint density at radius 2 is 1.91 bits per heavy atom. The molecular formula is C9H16O2. The minimum Gasteiger partial charge on any atom is -0.460 e. The summed E-state index contributed by atoms with van der Waals surface area (Å²) >= 11 is 0. The quantitative estimate of drug-likeness (QED) is 0.543. The van der Waals surface area contributed by atoms with E-state index in [9.17, 15) is 4.79 Å². The van der Waals surface area contributed by atoms with E-state index in [2.05, 4.69) is 6.92 Å². The molecule has 0 unspecified atom stereocenters. The number of ether oxygens (including phenoxy) is 1. The highest BCUT2D eigenvalue weighted by Gasteiger charge is 2.41. The minimum absolute atomic E-state index is 0.0231. The van der Waals surface area contributed by atoms with E-state index in [4.69, 9.17) is 4.74 Å². The van der Waals surface area contributed by atoms with E-state index < -0.39 is 0 Å². The van der Waals surface area contributed by atoms with Crippen molar-refractivity contribution in [2.24, 2.45) is 11.8 Å². The molecule has 0 aromatic carbocycles. The fourth-order valence-electron chi connectivity index (χ4n) is 1.03.